The van der Waals surface area contributed by atoms with Crippen LogP contribution in [0.2, 0.25) is 0 Å². The lowest BCUT2D eigenvalue weighted by molar-refractivity contribution is -0.117. The Bertz CT molecular complexity index is 595. The normalized spacial score (nSPS) is 11.0. The van der Waals surface area contributed by atoms with Crippen LogP contribution in [-0.4, -0.2) is 5.78 Å². The largest absolute Gasteiger partial charge is 0.489 e. The third kappa shape index (κ3) is 4.92. The number of ether oxygens (including phenoxy) is 1. The summed E-state index contributed by atoms with van der Waals surface area (Å²) in [7, 11) is 0. The number of benzene rings is 2. The average molecular weight is 280 g/mol. The summed E-state index contributed by atoms with van der Waals surface area (Å²) in [6.45, 7) is 4.35. The molecule has 0 bridgehead atoms. The Hall–Kier alpha value is -2.35. The lowest BCUT2D eigenvalue weighted by Crippen LogP contribution is -2.01. The molecule has 0 fully saturated rings. The topological polar surface area (TPSA) is 26.3 Å². The zero-order chi connectivity index (χ0) is 15.1. The van der Waals surface area contributed by atoms with Crippen LogP contribution in [0, 0.1) is 5.92 Å². The summed E-state index contributed by atoms with van der Waals surface area (Å²) in [5.74, 6) is 1.00. The van der Waals surface area contributed by atoms with Gasteiger partial charge in [0.15, 0.2) is 5.78 Å². The fourth-order valence-electron chi connectivity index (χ4n) is 1.79. The molecule has 108 valence electrons. The fraction of sp³-hybridized carbons (Fsp3) is 0.211. The molecule has 0 amide bonds. The van der Waals surface area contributed by atoms with Crippen LogP contribution < -0.4 is 4.74 Å². The van der Waals surface area contributed by atoms with E-state index >= 15 is 0 Å². The first-order chi connectivity index (χ1) is 10.1. The Kier molecular flexibility index (Phi) is 5.33. The molecule has 0 atom stereocenters. The average Bonchev–Trinajstić information content (AvgIpc) is 2.52. The van der Waals surface area contributed by atoms with Crippen molar-refractivity contribution in [2.45, 2.75) is 20.5 Å². The highest BCUT2D eigenvalue weighted by molar-refractivity contribution is 5.94. The molecule has 0 aliphatic carbocycles. The molecule has 0 unspecified atom stereocenters. The van der Waals surface area contributed by atoms with Crippen LogP contribution in [0.25, 0.3) is 6.08 Å². The van der Waals surface area contributed by atoms with Crippen molar-refractivity contribution in [2.24, 2.45) is 5.92 Å². The molecule has 2 aromatic rings. The van der Waals surface area contributed by atoms with Gasteiger partial charge >= 0.3 is 0 Å². The molecule has 0 spiro atoms. The van der Waals surface area contributed by atoms with Crippen LogP contribution >= 0.6 is 0 Å². The Morgan fingerprint density at radius 1 is 1.05 bits per heavy atom. The van der Waals surface area contributed by atoms with Gasteiger partial charge in [-0.05, 0) is 29.3 Å². The minimum Gasteiger partial charge on any atom is -0.489 e. The van der Waals surface area contributed by atoms with E-state index in [9.17, 15) is 4.79 Å². The van der Waals surface area contributed by atoms with Crippen LogP contribution in [0.3, 0.4) is 0 Å². The minimum atomic E-state index is 0.0368. The van der Waals surface area contributed by atoms with Crippen LogP contribution in [0.5, 0.6) is 5.75 Å². The Morgan fingerprint density at radius 2 is 1.71 bits per heavy atom. The monoisotopic (exact) mass is 280 g/mol. The number of carbonyl (C=O) groups is 1. The summed E-state index contributed by atoms with van der Waals surface area (Å²) in [4.78, 5) is 11.5. The maximum atomic E-state index is 11.5. The molecule has 0 aliphatic heterocycles. The maximum Gasteiger partial charge on any atom is 0.158 e. The van der Waals surface area contributed by atoms with Crippen LogP contribution in [0.4, 0.5) is 0 Å². The van der Waals surface area contributed by atoms with E-state index in [0.717, 1.165) is 16.9 Å². The highest BCUT2D eigenvalue weighted by Gasteiger charge is 2.01. The van der Waals surface area contributed by atoms with Gasteiger partial charge in [0, 0.05) is 5.92 Å². The molecule has 2 rings (SSSR count). The van der Waals surface area contributed by atoms with E-state index in [-0.39, 0.29) is 11.7 Å². The molecular formula is C19H20O2. The molecule has 0 aliphatic rings. The van der Waals surface area contributed by atoms with Gasteiger partial charge in [-0.1, -0.05) is 62.4 Å². The van der Waals surface area contributed by atoms with E-state index < -0.39 is 0 Å². The lowest BCUT2D eigenvalue weighted by Gasteiger charge is -2.06. The number of ketones is 1. The summed E-state index contributed by atoms with van der Waals surface area (Å²) in [6.07, 6.45) is 3.47. The lowest BCUT2D eigenvalue weighted by atomic mass is 10.1. The zero-order valence-electron chi connectivity index (χ0n) is 12.5. The molecule has 2 nitrogen and oxygen atoms in total. The van der Waals surface area contributed by atoms with Crippen LogP contribution in [0.15, 0.2) is 60.7 Å². The second-order valence-corrected chi connectivity index (χ2v) is 5.23. The second-order valence-electron chi connectivity index (χ2n) is 5.23. The van der Waals surface area contributed by atoms with Crippen LogP contribution in [-0.2, 0) is 11.4 Å². The van der Waals surface area contributed by atoms with Crippen molar-refractivity contribution >= 4 is 11.9 Å². The van der Waals surface area contributed by atoms with Crippen molar-refractivity contribution in [1.82, 2.24) is 0 Å². The predicted molar refractivity (Wildman–Crippen MR) is 86.1 cm³/mol. The summed E-state index contributed by atoms with van der Waals surface area (Å²) in [6, 6.07) is 17.8. The SMILES string of the molecule is CC(C)C(=O)C=Cc1ccc(OCc2ccccc2)cc1. The molecule has 21 heavy (non-hydrogen) atoms. The highest BCUT2D eigenvalue weighted by atomic mass is 16.5. The first kappa shape index (κ1) is 15.0. The summed E-state index contributed by atoms with van der Waals surface area (Å²) >= 11 is 0. The van der Waals surface area contributed by atoms with Crippen molar-refractivity contribution in [2.75, 3.05) is 0 Å². The first-order valence-corrected chi connectivity index (χ1v) is 7.14. The maximum absolute atomic E-state index is 11.5. The predicted octanol–water partition coefficient (Wildman–Crippen LogP) is 4.50. The van der Waals surface area contributed by atoms with E-state index in [1.54, 1.807) is 6.08 Å². The van der Waals surface area contributed by atoms with Gasteiger partial charge in [-0.15, -0.1) is 0 Å². The molecule has 0 radical (unpaired) electrons. The Balaban J connectivity index is 1.91. The van der Waals surface area contributed by atoms with Crippen molar-refractivity contribution in [3.8, 4) is 5.75 Å². The van der Waals surface area contributed by atoms with Crippen molar-refractivity contribution in [3.05, 3.63) is 71.8 Å². The van der Waals surface area contributed by atoms with E-state index in [1.165, 1.54) is 0 Å². The van der Waals surface area contributed by atoms with E-state index in [4.69, 9.17) is 4.74 Å². The van der Waals surface area contributed by atoms with Gasteiger partial charge < -0.3 is 4.74 Å². The third-order valence-corrected chi connectivity index (χ3v) is 3.14. The summed E-state index contributed by atoms with van der Waals surface area (Å²) in [5.41, 5.74) is 2.14. The number of hydrogen-bond acceptors (Lipinski definition) is 2. The molecule has 0 aromatic heterocycles. The van der Waals surface area contributed by atoms with Gasteiger partial charge in [0.05, 0.1) is 0 Å². The van der Waals surface area contributed by atoms with Crippen LogP contribution in [0.1, 0.15) is 25.0 Å². The van der Waals surface area contributed by atoms with E-state index in [1.807, 2.05) is 74.5 Å². The van der Waals surface area contributed by atoms with Gasteiger partial charge in [0.1, 0.15) is 12.4 Å². The number of hydrogen-bond donors (Lipinski definition) is 0. The van der Waals surface area contributed by atoms with Gasteiger partial charge in [-0.25, -0.2) is 0 Å². The van der Waals surface area contributed by atoms with Gasteiger partial charge in [-0.2, -0.15) is 0 Å². The van der Waals surface area contributed by atoms with Crippen molar-refractivity contribution in [1.29, 1.82) is 0 Å². The molecule has 2 aromatic carbocycles. The summed E-state index contributed by atoms with van der Waals surface area (Å²) < 4.78 is 5.72. The quantitative estimate of drug-likeness (QED) is 0.728. The molecular weight excluding hydrogens is 260 g/mol. The molecule has 0 saturated heterocycles. The third-order valence-electron chi connectivity index (χ3n) is 3.14. The first-order valence-electron chi connectivity index (χ1n) is 7.14. The second kappa shape index (κ2) is 7.44. The van der Waals surface area contributed by atoms with Crippen molar-refractivity contribution in [3.63, 3.8) is 0 Å². The molecule has 0 saturated carbocycles. The molecule has 0 heterocycles. The highest BCUT2D eigenvalue weighted by Crippen LogP contribution is 2.15. The van der Waals surface area contributed by atoms with E-state index in [0.29, 0.717) is 6.61 Å². The smallest absolute Gasteiger partial charge is 0.158 e. The zero-order valence-corrected chi connectivity index (χ0v) is 12.5. The van der Waals surface area contributed by atoms with Gasteiger partial charge in [0.25, 0.3) is 0 Å². The minimum absolute atomic E-state index is 0.0368. The Labute approximate surface area is 126 Å². The summed E-state index contributed by atoms with van der Waals surface area (Å²) in [5, 5.41) is 0. The Morgan fingerprint density at radius 3 is 2.33 bits per heavy atom. The van der Waals surface area contributed by atoms with E-state index in [2.05, 4.69) is 0 Å². The standard InChI is InChI=1S/C19H20O2/c1-15(2)19(20)13-10-16-8-11-18(12-9-16)21-14-17-6-4-3-5-7-17/h3-13,15H,14H2,1-2H3. The number of rotatable bonds is 6. The van der Waals surface area contributed by atoms with Gasteiger partial charge in [0.2, 0.25) is 0 Å². The molecule has 0 N–H and O–H groups in total. The van der Waals surface area contributed by atoms with Gasteiger partial charge in [-0.3, -0.25) is 4.79 Å². The van der Waals surface area contributed by atoms with Crippen molar-refractivity contribution < 1.29 is 9.53 Å². The fourth-order valence-corrected chi connectivity index (χ4v) is 1.79. The number of carbonyl (C=O) groups excluding carboxylic acids is 1. The molecule has 2 heteroatoms. The number of allylic oxidation sites excluding steroid dienone is 1.